The van der Waals surface area contributed by atoms with Gasteiger partial charge in [0.1, 0.15) is 42.3 Å². The number of non-ortho nitro benzene ring substituents is 1. The number of ether oxygens (including phenoxy) is 5. The van der Waals surface area contributed by atoms with E-state index in [9.17, 15) is 19.9 Å². The van der Waals surface area contributed by atoms with E-state index < -0.39 is 48.3 Å². The number of nitriles is 1. The Bertz CT molecular complexity index is 2200. The standard InChI is InChI=1S/C50H71N6O10P/c1-4-5-6-7-8-9-10-11-12-13-14-15-16-17-18-22-31-60-33-42(61-32-39-23-20-19-21-24-39)34-62-67(59,36-40-25-27-41(28-26-40)56(57)58)63-35-44-46-47(66-49(2,3)65-46)50(37-51,64-44)45-30-29-43-48(52)53-38-54-55(43)45/h19-21,23-30,38,42,44,46-47H,4-18,22,31-36H2,1-3H3,(H2,52,53,54)/t42-,44-,46-,47-,50+,67?/m1/s1. The number of benzene rings is 2. The van der Waals surface area contributed by atoms with Crippen LogP contribution in [0, 0.1) is 21.4 Å². The number of anilines is 1. The van der Waals surface area contributed by atoms with Crippen LogP contribution in [0.3, 0.4) is 0 Å². The van der Waals surface area contributed by atoms with E-state index in [-0.39, 0.29) is 44.1 Å². The van der Waals surface area contributed by atoms with Crippen molar-refractivity contribution < 1.29 is 42.2 Å². The van der Waals surface area contributed by atoms with Gasteiger partial charge in [-0.2, -0.15) is 10.4 Å². The molecule has 1 unspecified atom stereocenters. The maximum Gasteiger partial charge on any atom is 0.335 e. The summed E-state index contributed by atoms with van der Waals surface area (Å²) in [5.41, 5.74) is 6.56. The minimum atomic E-state index is -4.09. The summed E-state index contributed by atoms with van der Waals surface area (Å²) in [5.74, 6) is -0.886. The molecule has 0 amide bonds. The van der Waals surface area contributed by atoms with Gasteiger partial charge in [0.2, 0.25) is 5.60 Å². The number of fused-ring (bicyclic) bond motifs is 2. The van der Waals surface area contributed by atoms with Crippen molar-refractivity contribution in [3.63, 3.8) is 0 Å². The first-order chi connectivity index (χ1) is 32.5. The summed E-state index contributed by atoms with van der Waals surface area (Å²) in [4.78, 5) is 15.0. The van der Waals surface area contributed by atoms with Crippen molar-refractivity contribution in [2.75, 3.05) is 32.2 Å². The minimum Gasteiger partial charge on any atom is -0.382 e. The van der Waals surface area contributed by atoms with Crippen LogP contribution in [0.1, 0.15) is 140 Å². The molecular weight excluding hydrogens is 876 g/mol. The first-order valence-electron chi connectivity index (χ1n) is 24.3. The van der Waals surface area contributed by atoms with Crippen molar-refractivity contribution in [3.8, 4) is 6.07 Å². The van der Waals surface area contributed by atoms with Crippen LogP contribution in [-0.4, -0.2) is 76.2 Å². The first kappa shape index (κ1) is 52.1. The molecule has 2 fully saturated rings. The molecule has 16 nitrogen and oxygen atoms in total. The number of nitrogen functional groups attached to an aromatic ring is 1. The quantitative estimate of drug-likeness (QED) is 0.0209. The van der Waals surface area contributed by atoms with E-state index in [0.717, 1.165) is 18.4 Å². The van der Waals surface area contributed by atoms with Gasteiger partial charge >= 0.3 is 7.60 Å². The average molecular weight is 947 g/mol. The van der Waals surface area contributed by atoms with Gasteiger partial charge in [-0.25, -0.2) is 9.50 Å². The molecule has 6 atom stereocenters. The SMILES string of the molecule is CCCCCCCCCCCCCCCCCCOC[C@H](COP(=O)(Cc1ccc([N+](=O)[O-])cc1)OC[C@H]1O[C@@](C#N)(c2ccc3c(N)ncnn23)[C@@H]2OC(C)(C)O[C@@H]21)OCc1ccccc1. The number of nitrogens with two attached hydrogens (primary N) is 1. The number of unbranched alkanes of at least 4 members (excludes halogenated alkanes) is 15. The number of nitro groups is 1. The van der Waals surface area contributed by atoms with Crippen LogP contribution in [0.15, 0.2) is 73.1 Å². The second-order valence-corrected chi connectivity index (χ2v) is 20.3. The molecule has 6 rings (SSSR count). The third kappa shape index (κ3) is 15.1. The summed E-state index contributed by atoms with van der Waals surface area (Å²) in [7, 11) is -4.09. The molecule has 2 aromatic carbocycles. The van der Waals surface area contributed by atoms with Crippen molar-refractivity contribution in [2.24, 2.45) is 0 Å². The molecule has 0 aliphatic carbocycles. The summed E-state index contributed by atoms with van der Waals surface area (Å²) in [6, 6.07) is 21.1. The van der Waals surface area contributed by atoms with E-state index in [2.05, 4.69) is 23.1 Å². The van der Waals surface area contributed by atoms with E-state index in [1.54, 1.807) is 26.0 Å². The van der Waals surface area contributed by atoms with Gasteiger partial charge in [0, 0.05) is 18.7 Å². The Balaban J connectivity index is 1.05. The zero-order valence-electron chi connectivity index (χ0n) is 39.6. The van der Waals surface area contributed by atoms with E-state index >= 15 is 0 Å². The average Bonchev–Trinajstić information content (AvgIpc) is 3.99. The topological polar surface area (TPSA) is 205 Å². The monoisotopic (exact) mass is 946 g/mol. The van der Waals surface area contributed by atoms with Crippen LogP contribution in [-0.2, 0) is 55.7 Å². The lowest BCUT2D eigenvalue weighted by atomic mass is 9.92. The second-order valence-electron chi connectivity index (χ2n) is 18.3. The van der Waals surface area contributed by atoms with Crippen molar-refractivity contribution >= 4 is 24.6 Å². The molecule has 2 aromatic heterocycles. The van der Waals surface area contributed by atoms with Gasteiger partial charge in [0.15, 0.2) is 11.6 Å². The fraction of sp³-hybridized carbons (Fsp3) is 0.620. The molecule has 4 heterocycles. The summed E-state index contributed by atoms with van der Waals surface area (Å²) in [6.45, 7) is 6.31. The molecule has 4 aromatic rings. The number of rotatable bonds is 32. The maximum absolute atomic E-state index is 15.0. The van der Waals surface area contributed by atoms with E-state index in [1.807, 2.05) is 30.3 Å². The zero-order valence-corrected chi connectivity index (χ0v) is 40.5. The maximum atomic E-state index is 15.0. The van der Waals surface area contributed by atoms with E-state index in [0.29, 0.717) is 23.4 Å². The van der Waals surface area contributed by atoms with Crippen LogP contribution >= 0.6 is 7.60 Å². The van der Waals surface area contributed by atoms with Crippen LogP contribution in [0.5, 0.6) is 0 Å². The molecule has 67 heavy (non-hydrogen) atoms. The predicted octanol–water partition coefficient (Wildman–Crippen LogP) is 11.1. The summed E-state index contributed by atoms with van der Waals surface area (Å²) < 4.78 is 60.6. The van der Waals surface area contributed by atoms with Gasteiger partial charge in [-0.3, -0.25) is 14.7 Å². The van der Waals surface area contributed by atoms with Gasteiger partial charge in [-0.05, 0) is 43.5 Å². The molecule has 2 saturated heterocycles. The molecule has 0 radical (unpaired) electrons. The summed E-state index contributed by atoms with van der Waals surface area (Å²) >= 11 is 0. The first-order valence-corrected chi connectivity index (χ1v) is 26.1. The highest BCUT2D eigenvalue weighted by Gasteiger charge is 2.65. The van der Waals surface area contributed by atoms with Crippen LogP contribution < -0.4 is 5.73 Å². The predicted molar refractivity (Wildman–Crippen MR) is 255 cm³/mol. The molecule has 2 aliphatic rings. The number of nitro benzene ring substituents is 1. The summed E-state index contributed by atoms with van der Waals surface area (Å²) in [5, 5.41) is 26.6. The third-order valence-corrected chi connectivity index (χ3v) is 14.3. The van der Waals surface area contributed by atoms with Crippen molar-refractivity contribution in [1.82, 2.24) is 14.6 Å². The molecule has 0 spiro atoms. The van der Waals surface area contributed by atoms with E-state index in [4.69, 9.17) is 38.5 Å². The van der Waals surface area contributed by atoms with Crippen molar-refractivity contribution in [2.45, 2.75) is 172 Å². The van der Waals surface area contributed by atoms with Gasteiger partial charge < -0.3 is 38.5 Å². The molecule has 0 bridgehead atoms. The normalized spacial score (nSPS) is 21.3. The number of hydrogen-bond acceptors (Lipinski definition) is 14. The molecule has 17 heteroatoms. The van der Waals surface area contributed by atoms with Gasteiger partial charge in [-0.15, -0.1) is 0 Å². The van der Waals surface area contributed by atoms with Gasteiger partial charge in [-0.1, -0.05) is 146 Å². The lowest BCUT2D eigenvalue weighted by Gasteiger charge is -2.29. The van der Waals surface area contributed by atoms with Crippen molar-refractivity contribution in [3.05, 3.63) is 100.0 Å². The van der Waals surface area contributed by atoms with Crippen LogP contribution in [0.25, 0.3) is 5.52 Å². The summed E-state index contributed by atoms with van der Waals surface area (Å²) in [6.07, 6.45) is 18.3. The molecule has 2 N–H and O–H groups in total. The Morgan fingerprint density at radius 1 is 0.836 bits per heavy atom. The number of nitrogens with zero attached hydrogens (tertiary/aromatic N) is 5. The largest absolute Gasteiger partial charge is 0.382 e. The molecule has 2 aliphatic heterocycles. The number of hydrogen-bond donors (Lipinski definition) is 1. The molecular formula is C50H71N6O10P. The fourth-order valence-corrected chi connectivity index (χ4v) is 10.5. The molecule has 0 saturated carbocycles. The zero-order chi connectivity index (χ0) is 47.5. The Morgan fingerprint density at radius 3 is 2.10 bits per heavy atom. The van der Waals surface area contributed by atoms with Crippen LogP contribution in [0.2, 0.25) is 0 Å². The Kier molecular flexibility index (Phi) is 20.1. The third-order valence-electron chi connectivity index (χ3n) is 12.5. The minimum absolute atomic E-state index is 0.111. The van der Waals surface area contributed by atoms with Crippen LogP contribution in [0.4, 0.5) is 11.5 Å². The highest BCUT2D eigenvalue weighted by atomic mass is 31.2. The highest BCUT2D eigenvalue weighted by molar-refractivity contribution is 7.53. The smallest absolute Gasteiger partial charge is 0.335 e. The Hall–Kier alpha value is -4.30. The molecule has 366 valence electrons. The lowest BCUT2D eigenvalue weighted by Crippen LogP contribution is -2.40. The Morgan fingerprint density at radius 2 is 1.48 bits per heavy atom. The fourth-order valence-electron chi connectivity index (χ4n) is 8.82. The number of aromatic nitrogens is 3. The van der Waals surface area contributed by atoms with E-state index in [1.165, 1.54) is 125 Å². The lowest BCUT2D eigenvalue weighted by molar-refractivity contribution is -0.384. The highest BCUT2D eigenvalue weighted by Crippen LogP contribution is 2.54. The van der Waals surface area contributed by atoms with Gasteiger partial charge in [0.05, 0.1) is 43.2 Å². The Labute approximate surface area is 395 Å². The van der Waals surface area contributed by atoms with Crippen molar-refractivity contribution in [1.29, 1.82) is 5.26 Å². The van der Waals surface area contributed by atoms with Gasteiger partial charge in [0.25, 0.3) is 5.69 Å². The second kappa shape index (κ2) is 25.9.